The van der Waals surface area contributed by atoms with Gasteiger partial charge in [0.2, 0.25) is 10.0 Å². The summed E-state index contributed by atoms with van der Waals surface area (Å²) in [6.07, 6.45) is 1.45. The maximum Gasteiger partial charge on any atom is 0.244 e. The van der Waals surface area contributed by atoms with Crippen LogP contribution in [0.3, 0.4) is 0 Å². The summed E-state index contributed by atoms with van der Waals surface area (Å²) in [5.74, 6) is 0.244. The Morgan fingerprint density at radius 3 is 2.65 bits per heavy atom. The van der Waals surface area contributed by atoms with Crippen LogP contribution in [0, 0.1) is 0 Å². The molecule has 20 heavy (non-hydrogen) atoms. The standard InChI is InChI=1S/C13H14Cl2N2O2S/c1-17(9-10-3-2-4-11(15)5-10)20(18,19)13-6-12(7-14)16-8-13/h2-6,8,16H,7,9H2,1H3. The maximum atomic E-state index is 12.4. The van der Waals surface area contributed by atoms with Gasteiger partial charge in [-0.1, -0.05) is 23.7 Å². The van der Waals surface area contributed by atoms with Crippen molar-refractivity contribution in [1.29, 1.82) is 0 Å². The van der Waals surface area contributed by atoms with Gasteiger partial charge in [-0.05, 0) is 23.8 Å². The summed E-state index contributed by atoms with van der Waals surface area (Å²) < 4.78 is 26.0. The Morgan fingerprint density at radius 2 is 2.05 bits per heavy atom. The second-order valence-corrected chi connectivity index (χ2v) is 7.13. The molecule has 0 atom stereocenters. The molecular weight excluding hydrogens is 319 g/mol. The van der Waals surface area contributed by atoms with E-state index in [-0.39, 0.29) is 17.3 Å². The van der Waals surface area contributed by atoms with Gasteiger partial charge in [0.15, 0.2) is 0 Å². The number of aromatic amines is 1. The van der Waals surface area contributed by atoms with E-state index in [9.17, 15) is 8.42 Å². The lowest BCUT2D eigenvalue weighted by molar-refractivity contribution is 0.467. The van der Waals surface area contributed by atoms with Crippen LogP contribution in [0.15, 0.2) is 41.4 Å². The molecular formula is C13H14Cl2N2O2S. The van der Waals surface area contributed by atoms with Gasteiger partial charge < -0.3 is 4.98 Å². The zero-order valence-electron chi connectivity index (χ0n) is 10.8. The summed E-state index contributed by atoms with van der Waals surface area (Å²) in [4.78, 5) is 3.04. The first-order valence-electron chi connectivity index (χ1n) is 5.87. The minimum absolute atomic E-state index is 0.206. The minimum atomic E-state index is -3.54. The molecule has 0 amide bonds. The van der Waals surface area contributed by atoms with Crippen LogP contribution >= 0.6 is 23.2 Å². The van der Waals surface area contributed by atoms with Crippen LogP contribution in [0.4, 0.5) is 0 Å². The van der Waals surface area contributed by atoms with Crippen LogP contribution in [0.1, 0.15) is 11.3 Å². The third-order valence-corrected chi connectivity index (χ3v) is 5.17. The van der Waals surface area contributed by atoms with Gasteiger partial charge in [0.1, 0.15) is 0 Å². The molecule has 0 spiro atoms. The van der Waals surface area contributed by atoms with Crippen molar-refractivity contribution in [1.82, 2.24) is 9.29 Å². The molecule has 0 unspecified atom stereocenters. The Labute approximate surface area is 128 Å². The van der Waals surface area contributed by atoms with Gasteiger partial charge in [-0.25, -0.2) is 8.42 Å². The summed E-state index contributed by atoms with van der Waals surface area (Å²) in [6, 6.07) is 8.66. The largest absolute Gasteiger partial charge is 0.363 e. The van der Waals surface area contributed by atoms with Crippen LogP contribution in [-0.4, -0.2) is 24.8 Å². The van der Waals surface area contributed by atoms with E-state index in [0.29, 0.717) is 10.7 Å². The van der Waals surface area contributed by atoms with Gasteiger partial charge in [0, 0.05) is 30.5 Å². The average Bonchev–Trinajstić information content (AvgIpc) is 2.88. The highest BCUT2D eigenvalue weighted by atomic mass is 35.5. The topological polar surface area (TPSA) is 53.2 Å². The third kappa shape index (κ3) is 3.35. The predicted molar refractivity (Wildman–Crippen MR) is 80.5 cm³/mol. The van der Waals surface area contributed by atoms with E-state index >= 15 is 0 Å². The van der Waals surface area contributed by atoms with Crippen molar-refractivity contribution in [3.8, 4) is 0 Å². The highest BCUT2D eigenvalue weighted by Gasteiger charge is 2.22. The van der Waals surface area contributed by atoms with Crippen LogP contribution in [-0.2, 0) is 22.4 Å². The second kappa shape index (κ2) is 6.18. The number of nitrogens with zero attached hydrogens (tertiary/aromatic N) is 1. The van der Waals surface area contributed by atoms with E-state index in [1.54, 1.807) is 18.2 Å². The molecule has 0 aliphatic rings. The lowest BCUT2D eigenvalue weighted by Gasteiger charge is -2.16. The highest BCUT2D eigenvalue weighted by molar-refractivity contribution is 7.89. The molecule has 0 saturated carbocycles. The zero-order chi connectivity index (χ0) is 14.8. The summed E-state index contributed by atoms with van der Waals surface area (Å²) in [6.45, 7) is 0.254. The normalized spacial score (nSPS) is 12.0. The molecule has 0 saturated heterocycles. The fourth-order valence-corrected chi connectivity index (χ4v) is 3.35. The fraction of sp³-hybridized carbons (Fsp3) is 0.231. The highest BCUT2D eigenvalue weighted by Crippen LogP contribution is 2.19. The molecule has 0 aliphatic carbocycles. The lowest BCUT2D eigenvalue weighted by atomic mass is 10.2. The average molecular weight is 333 g/mol. The van der Waals surface area contributed by atoms with Crippen molar-refractivity contribution in [2.45, 2.75) is 17.3 Å². The van der Waals surface area contributed by atoms with E-state index in [4.69, 9.17) is 23.2 Å². The Bertz CT molecular complexity index is 698. The van der Waals surface area contributed by atoms with E-state index in [1.165, 1.54) is 23.6 Å². The first-order valence-corrected chi connectivity index (χ1v) is 8.23. The molecule has 1 N–H and O–H groups in total. The van der Waals surface area contributed by atoms with E-state index in [1.807, 2.05) is 6.07 Å². The van der Waals surface area contributed by atoms with Crippen molar-refractivity contribution in [3.05, 3.63) is 52.8 Å². The fourth-order valence-electron chi connectivity index (χ4n) is 1.80. The summed E-state index contributed by atoms with van der Waals surface area (Å²) in [5.41, 5.74) is 1.50. The van der Waals surface area contributed by atoms with Gasteiger partial charge in [-0.2, -0.15) is 4.31 Å². The lowest BCUT2D eigenvalue weighted by Crippen LogP contribution is -2.26. The maximum absolute atomic E-state index is 12.4. The Balaban J connectivity index is 2.21. The monoisotopic (exact) mass is 332 g/mol. The molecule has 4 nitrogen and oxygen atoms in total. The molecule has 0 radical (unpaired) electrons. The summed E-state index contributed by atoms with van der Waals surface area (Å²) >= 11 is 11.6. The van der Waals surface area contributed by atoms with Crippen molar-refractivity contribution in [2.75, 3.05) is 7.05 Å². The quantitative estimate of drug-likeness (QED) is 0.854. The Hall–Kier alpha value is -1.01. The number of halogens is 2. The van der Waals surface area contributed by atoms with Crippen molar-refractivity contribution >= 4 is 33.2 Å². The summed E-state index contributed by atoms with van der Waals surface area (Å²) in [5, 5.41) is 0.583. The second-order valence-electron chi connectivity index (χ2n) is 4.39. The molecule has 108 valence electrons. The van der Waals surface area contributed by atoms with Crippen molar-refractivity contribution in [2.24, 2.45) is 0 Å². The number of rotatable bonds is 5. The first-order chi connectivity index (χ1) is 9.43. The molecule has 1 heterocycles. The zero-order valence-corrected chi connectivity index (χ0v) is 13.1. The smallest absolute Gasteiger partial charge is 0.244 e. The Morgan fingerprint density at radius 1 is 1.30 bits per heavy atom. The van der Waals surface area contributed by atoms with Crippen molar-refractivity contribution in [3.63, 3.8) is 0 Å². The minimum Gasteiger partial charge on any atom is -0.363 e. The van der Waals surface area contributed by atoms with Crippen LogP contribution in [0.2, 0.25) is 5.02 Å². The van der Waals surface area contributed by atoms with Gasteiger partial charge >= 0.3 is 0 Å². The molecule has 0 bridgehead atoms. The molecule has 2 rings (SSSR count). The van der Waals surface area contributed by atoms with Gasteiger partial charge in [0.25, 0.3) is 0 Å². The number of hydrogen-bond donors (Lipinski definition) is 1. The van der Waals surface area contributed by atoms with E-state index in [2.05, 4.69) is 4.98 Å². The third-order valence-electron chi connectivity index (χ3n) is 2.86. The van der Waals surface area contributed by atoms with Crippen molar-refractivity contribution < 1.29 is 8.42 Å². The number of alkyl halides is 1. The molecule has 2 aromatic rings. The van der Waals surface area contributed by atoms with Gasteiger partial charge in [0.05, 0.1) is 10.8 Å². The summed E-state index contributed by atoms with van der Waals surface area (Å²) in [7, 11) is -2.01. The van der Waals surface area contributed by atoms with Crippen LogP contribution in [0.5, 0.6) is 0 Å². The number of sulfonamides is 1. The van der Waals surface area contributed by atoms with Gasteiger partial charge in [-0.3, -0.25) is 0 Å². The number of hydrogen-bond acceptors (Lipinski definition) is 2. The Kier molecular flexibility index (Phi) is 4.75. The molecule has 1 aromatic carbocycles. The predicted octanol–water partition coefficient (Wildman–Crippen LogP) is 3.23. The van der Waals surface area contributed by atoms with E-state index in [0.717, 1.165) is 5.56 Å². The molecule has 0 aliphatic heterocycles. The number of nitrogens with one attached hydrogen (secondary N) is 1. The molecule has 7 heteroatoms. The van der Waals surface area contributed by atoms with E-state index < -0.39 is 10.0 Å². The molecule has 1 aromatic heterocycles. The molecule has 0 fully saturated rings. The van der Waals surface area contributed by atoms with Crippen LogP contribution in [0.25, 0.3) is 0 Å². The van der Waals surface area contributed by atoms with Gasteiger partial charge in [-0.15, -0.1) is 11.6 Å². The SMILES string of the molecule is CN(Cc1cccc(Cl)c1)S(=O)(=O)c1c[nH]c(CCl)c1. The number of H-pyrrole nitrogens is 1. The number of benzene rings is 1. The number of aromatic nitrogens is 1. The van der Waals surface area contributed by atoms with Crippen LogP contribution < -0.4 is 0 Å². The first kappa shape index (κ1) is 15.4.